The van der Waals surface area contributed by atoms with Crippen LogP contribution in [0.25, 0.3) is 11.0 Å². The van der Waals surface area contributed by atoms with Crippen molar-refractivity contribution < 1.29 is 4.74 Å². The Kier molecular flexibility index (Phi) is 4.81. The third-order valence-corrected chi connectivity index (χ3v) is 4.50. The van der Waals surface area contributed by atoms with E-state index in [-0.39, 0.29) is 0 Å². The van der Waals surface area contributed by atoms with Crippen molar-refractivity contribution in [2.24, 2.45) is 0 Å². The Labute approximate surface area is 145 Å². The van der Waals surface area contributed by atoms with E-state index in [1.165, 1.54) is 0 Å². The van der Waals surface area contributed by atoms with E-state index in [0.29, 0.717) is 6.54 Å². The Bertz CT molecular complexity index is 745. The number of rotatable bonds is 5. The highest BCUT2D eigenvalue weighted by molar-refractivity contribution is 9.11. The number of benzene rings is 2. The summed E-state index contributed by atoms with van der Waals surface area (Å²) in [6.07, 6.45) is 0. The van der Waals surface area contributed by atoms with Crippen LogP contribution < -0.4 is 10.1 Å². The molecule has 22 heavy (non-hydrogen) atoms. The molecule has 0 atom stereocenters. The topological polar surface area (TPSA) is 49.9 Å². The summed E-state index contributed by atoms with van der Waals surface area (Å²) in [5.41, 5.74) is 3.22. The zero-order valence-corrected chi connectivity index (χ0v) is 15.2. The van der Waals surface area contributed by atoms with Gasteiger partial charge in [-0.1, -0.05) is 12.1 Å². The third-order valence-electron chi connectivity index (χ3n) is 3.32. The molecule has 0 unspecified atom stereocenters. The number of methoxy groups -OCH3 is 1. The molecule has 1 heterocycles. The minimum atomic E-state index is 0.690. The summed E-state index contributed by atoms with van der Waals surface area (Å²) in [7, 11) is 1.66. The van der Waals surface area contributed by atoms with E-state index in [4.69, 9.17) is 4.74 Å². The number of H-pyrrole nitrogens is 1. The first-order chi connectivity index (χ1) is 10.7. The molecule has 0 bridgehead atoms. The van der Waals surface area contributed by atoms with Crippen LogP contribution in [-0.2, 0) is 13.1 Å². The lowest BCUT2D eigenvalue weighted by Crippen LogP contribution is -2.13. The second-order valence-electron chi connectivity index (χ2n) is 4.90. The maximum atomic E-state index is 5.31. The van der Waals surface area contributed by atoms with E-state index in [2.05, 4.69) is 59.3 Å². The molecule has 6 heteroatoms. The summed E-state index contributed by atoms with van der Waals surface area (Å²) in [6, 6.07) is 12.1. The van der Waals surface area contributed by atoms with Gasteiger partial charge in [-0.05, 0) is 61.7 Å². The molecule has 0 fully saturated rings. The average Bonchev–Trinajstić information content (AvgIpc) is 2.89. The Morgan fingerprint density at radius 1 is 1.14 bits per heavy atom. The molecule has 4 nitrogen and oxygen atoms in total. The van der Waals surface area contributed by atoms with Crippen LogP contribution in [-0.4, -0.2) is 17.1 Å². The molecular weight excluding hydrogens is 410 g/mol. The molecule has 0 radical (unpaired) electrons. The zero-order chi connectivity index (χ0) is 15.5. The summed E-state index contributed by atoms with van der Waals surface area (Å²) in [5.74, 6) is 1.74. The number of fused-ring (bicyclic) bond motifs is 1. The molecule has 0 aliphatic rings. The standard InChI is InChI=1S/C16H15Br2N3O/c1-22-16-11(17)6-10(7-12(16)18)8-19-9-15-20-13-4-2-3-5-14(13)21-15/h2-7,19H,8-9H2,1H3,(H,20,21). The third kappa shape index (κ3) is 3.34. The van der Waals surface area contributed by atoms with Crippen LogP contribution >= 0.6 is 31.9 Å². The van der Waals surface area contributed by atoms with Gasteiger partial charge in [-0.2, -0.15) is 0 Å². The molecule has 2 N–H and O–H groups in total. The largest absolute Gasteiger partial charge is 0.494 e. The number of halogens is 2. The molecule has 3 aromatic rings. The Balaban J connectivity index is 1.65. The predicted octanol–water partition coefficient (Wildman–Crippen LogP) is 4.39. The van der Waals surface area contributed by atoms with Crippen molar-refractivity contribution in [1.29, 1.82) is 0 Å². The van der Waals surface area contributed by atoms with Gasteiger partial charge >= 0.3 is 0 Å². The SMILES string of the molecule is COc1c(Br)cc(CNCc2nc3ccccc3[nH]2)cc1Br. The summed E-state index contributed by atoms with van der Waals surface area (Å²) in [6.45, 7) is 1.44. The highest BCUT2D eigenvalue weighted by Crippen LogP contribution is 2.34. The molecule has 2 aromatic carbocycles. The Hall–Kier alpha value is -1.37. The molecule has 0 saturated heterocycles. The van der Waals surface area contributed by atoms with E-state index >= 15 is 0 Å². The average molecular weight is 425 g/mol. The van der Waals surface area contributed by atoms with Gasteiger partial charge < -0.3 is 15.0 Å². The van der Waals surface area contributed by atoms with Crippen molar-refractivity contribution in [2.75, 3.05) is 7.11 Å². The number of imidazole rings is 1. The minimum absolute atomic E-state index is 0.690. The zero-order valence-electron chi connectivity index (χ0n) is 12.0. The number of nitrogens with one attached hydrogen (secondary N) is 2. The monoisotopic (exact) mass is 423 g/mol. The summed E-state index contributed by atoms with van der Waals surface area (Å²) >= 11 is 7.03. The number of aromatic amines is 1. The van der Waals surface area contributed by atoms with Crippen LogP contribution in [0.3, 0.4) is 0 Å². The molecular formula is C16H15Br2N3O. The van der Waals surface area contributed by atoms with Crippen LogP contribution in [0, 0.1) is 0 Å². The highest BCUT2D eigenvalue weighted by Gasteiger charge is 2.08. The summed E-state index contributed by atoms with van der Waals surface area (Å²) in [4.78, 5) is 7.86. The van der Waals surface area contributed by atoms with Crippen molar-refractivity contribution in [2.45, 2.75) is 13.1 Å². The van der Waals surface area contributed by atoms with E-state index in [0.717, 1.165) is 43.7 Å². The van der Waals surface area contributed by atoms with E-state index in [1.54, 1.807) is 7.11 Å². The van der Waals surface area contributed by atoms with Crippen molar-refractivity contribution in [3.8, 4) is 5.75 Å². The van der Waals surface area contributed by atoms with E-state index < -0.39 is 0 Å². The molecule has 0 saturated carbocycles. The van der Waals surface area contributed by atoms with Gasteiger partial charge in [0, 0.05) is 6.54 Å². The molecule has 3 rings (SSSR count). The van der Waals surface area contributed by atoms with E-state index in [1.807, 2.05) is 24.3 Å². The van der Waals surface area contributed by atoms with Gasteiger partial charge in [0.05, 0.1) is 33.6 Å². The number of para-hydroxylation sites is 2. The smallest absolute Gasteiger partial charge is 0.147 e. The first kappa shape index (κ1) is 15.5. The second kappa shape index (κ2) is 6.81. The van der Waals surface area contributed by atoms with Gasteiger partial charge in [0.25, 0.3) is 0 Å². The van der Waals surface area contributed by atoms with E-state index in [9.17, 15) is 0 Å². The minimum Gasteiger partial charge on any atom is -0.494 e. The van der Waals surface area contributed by atoms with Crippen molar-refractivity contribution in [1.82, 2.24) is 15.3 Å². The first-order valence-electron chi connectivity index (χ1n) is 6.83. The lowest BCUT2D eigenvalue weighted by Gasteiger charge is -2.09. The van der Waals surface area contributed by atoms with Crippen LogP contribution in [0.4, 0.5) is 0 Å². The maximum Gasteiger partial charge on any atom is 0.147 e. The summed E-state index contributed by atoms with van der Waals surface area (Å²) < 4.78 is 7.18. The number of aromatic nitrogens is 2. The number of hydrogen-bond acceptors (Lipinski definition) is 3. The van der Waals surface area contributed by atoms with Crippen molar-refractivity contribution >= 4 is 42.9 Å². The molecule has 0 aliphatic heterocycles. The number of hydrogen-bond donors (Lipinski definition) is 2. The van der Waals surface area contributed by atoms with Crippen LogP contribution in [0.15, 0.2) is 45.3 Å². The first-order valence-corrected chi connectivity index (χ1v) is 8.42. The quantitative estimate of drug-likeness (QED) is 0.638. The molecule has 0 aliphatic carbocycles. The predicted molar refractivity (Wildman–Crippen MR) is 95.0 cm³/mol. The lowest BCUT2D eigenvalue weighted by molar-refractivity contribution is 0.409. The van der Waals surface area contributed by atoms with Crippen molar-refractivity contribution in [3.05, 3.63) is 56.7 Å². The maximum absolute atomic E-state index is 5.31. The molecule has 0 amide bonds. The number of ether oxygens (including phenoxy) is 1. The van der Waals surface area contributed by atoms with Gasteiger partial charge in [-0.3, -0.25) is 0 Å². The van der Waals surface area contributed by atoms with Gasteiger partial charge in [0.1, 0.15) is 11.6 Å². The van der Waals surface area contributed by atoms with Gasteiger partial charge in [0.2, 0.25) is 0 Å². The molecule has 1 aromatic heterocycles. The second-order valence-corrected chi connectivity index (χ2v) is 6.61. The fourth-order valence-corrected chi connectivity index (χ4v) is 3.93. The van der Waals surface area contributed by atoms with Gasteiger partial charge in [-0.15, -0.1) is 0 Å². The van der Waals surface area contributed by atoms with Gasteiger partial charge in [-0.25, -0.2) is 4.98 Å². The normalized spacial score (nSPS) is 11.0. The fourth-order valence-electron chi connectivity index (χ4n) is 2.32. The van der Waals surface area contributed by atoms with Crippen LogP contribution in [0.5, 0.6) is 5.75 Å². The Morgan fingerprint density at radius 3 is 2.55 bits per heavy atom. The van der Waals surface area contributed by atoms with Gasteiger partial charge in [0.15, 0.2) is 0 Å². The molecule has 114 valence electrons. The van der Waals surface area contributed by atoms with Crippen molar-refractivity contribution in [3.63, 3.8) is 0 Å². The molecule has 0 spiro atoms. The summed E-state index contributed by atoms with van der Waals surface area (Å²) in [5, 5.41) is 3.39. The Morgan fingerprint density at radius 2 is 1.86 bits per heavy atom. The van der Waals surface area contributed by atoms with Crippen LogP contribution in [0.1, 0.15) is 11.4 Å². The fraction of sp³-hybridized carbons (Fsp3) is 0.188. The highest BCUT2D eigenvalue weighted by atomic mass is 79.9. The lowest BCUT2D eigenvalue weighted by atomic mass is 10.2. The van der Waals surface area contributed by atoms with Crippen LogP contribution in [0.2, 0.25) is 0 Å². The number of nitrogens with zero attached hydrogens (tertiary/aromatic N) is 1.